The zero-order chi connectivity index (χ0) is 15.7. The number of halogens is 1. The summed E-state index contributed by atoms with van der Waals surface area (Å²) in [5, 5.41) is 7.38. The number of piperidine rings is 1. The predicted octanol–water partition coefficient (Wildman–Crippen LogP) is 2.86. The summed E-state index contributed by atoms with van der Waals surface area (Å²) < 4.78 is 4.55. The van der Waals surface area contributed by atoms with Crippen molar-refractivity contribution in [3.05, 3.63) is 23.4 Å². The first-order chi connectivity index (χ1) is 9.92. The molecule has 1 aliphatic rings. The maximum absolute atomic E-state index is 9.60. The summed E-state index contributed by atoms with van der Waals surface area (Å²) in [6, 6.07) is 4.15. The molecule has 0 aromatic carbocycles. The maximum Gasteiger partial charge on any atom is 0.293 e. The van der Waals surface area contributed by atoms with Crippen LogP contribution in [0.3, 0.4) is 0 Å². The molecule has 1 saturated heterocycles. The number of rotatable bonds is 3. The average Bonchev–Trinajstić information content (AvgIpc) is 2.42. The van der Waals surface area contributed by atoms with E-state index in [1.54, 1.807) is 6.20 Å². The smallest absolute Gasteiger partial charge is 0.293 e. The molecule has 2 rings (SSSR count). The number of aromatic nitrogens is 1. The Kier molecular flexibility index (Phi) is 7.47. The van der Waals surface area contributed by atoms with Gasteiger partial charge in [0.15, 0.2) is 0 Å². The first-order valence-corrected chi connectivity index (χ1v) is 7.49. The zero-order valence-corrected chi connectivity index (χ0v) is 13.6. The van der Waals surface area contributed by atoms with Gasteiger partial charge in [-0.15, -0.1) is 0 Å². The molecule has 2 heterocycles. The van der Waals surface area contributed by atoms with Crippen LogP contribution in [0.1, 0.15) is 33.6 Å². The summed E-state index contributed by atoms with van der Waals surface area (Å²) in [4.78, 5) is 13.8. The average molecular weight is 314 g/mol. The van der Waals surface area contributed by atoms with Gasteiger partial charge < -0.3 is 15.4 Å². The molecule has 118 valence electrons. The number of carbonyl (C=O) groups is 1. The standard InChI is InChI=1S/C10H14ClN3.C5H10O2/c11-9-4-2-6-13-10(9)14-8-3-1-5-12-7-8;1-5(2,3)7-4-6/h2,4,6,8,12H,1,3,5,7H2,(H,13,14);4H,1-3H3. The molecule has 1 unspecified atom stereocenters. The predicted molar refractivity (Wildman–Crippen MR) is 85.7 cm³/mol. The van der Waals surface area contributed by atoms with Crippen LogP contribution >= 0.6 is 11.6 Å². The summed E-state index contributed by atoms with van der Waals surface area (Å²) in [6.07, 6.45) is 4.15. The Hall–Kier alpha value is -1.33. The fourth-order valence-corrected chi connectivity index (χ4v) is 1.98. The summed E-state index contributed by atoms with van der Waals surface area (Å²) in [5.41, 5.74) is -0.318. The fourth-order valence-electron chi connectivity index (χ4n) is 1.80. The normalized spacial score (nSPS) is 18.2. The number of carbonyl (C=O) groups excluding carboxylic acids is 1. The minimum Gasteiger partial charge on any atom is -0.462 e. The Balaban J connectivity index is 0.000000270. The lowest BCUT2D eigenvalue weighted by molar-refractivity contribution is -0.138. The Bertz CT molecular complexity index is 429. The van der Waals surface area contributed by atoms with E-state index in [0.717, 1.165) is 18.9 Å². The van der Waals surface area contributed by atoms with Crippen LogP contribution in [0.5, 0.6) is 0 Å². The number of pyridine rings is 1. The van der Waals surface area contributed by atoms with E-state index in [0.29, 0.717) is 17.5 Å². The topological polar surface area (TPSA) is 63.2 Å². The van der Waals surface area contributed by atoms with Gasteiger partial charge in [-0.1, -0.05) is 11.6 Å². The second kappa shape index (κ2) is 8.85. The van der Waals surface area contributed by atoms with Gasteiger partial charge in [-0.25, -0.2) is 4.98 Å². The summed E-state index contributed by atoms with van der Waals surface area (Å²) >= 11 is 6.00. The lowest BCUT2D eigenvalue weighted by Gasteiger charge is -2.24. The minimum atomic E-state index is -0.318. The molecule has 0 aliphatic carbocycles. The van der Waals surface area contributed by atoms with Gasteiger partial charge in [0.1, 0.15) is 11.4 Å². The van der Waals surface area contributed by atoms with Crippen molar-refractivity contribution >= 4 is 23.9 Å². The van der Waals surface area contributed by atoms with Crippen molar-refractivity contribution in [2.45, 2.75) is 45.3 Å². The Morgan fingerprint density at radius 1 is 1.52 bits per heavy atom. The molecule has 1 aromatic rings. The Morgan fingerprint density at radius 2 is 2.29 bits per heavy atom. The second-order valence-corrected chi connectivity index (χ2v) is 6.26. The molecule has 21 heavy (non-hydrogen) atoms. The summed E-state index contributed by atoms with van der Waals surface area (Å²) in [6.45, 7) is 8.03. The molecule has 1 aromatic heterocycles. The quantitative estimate of drug-likeness (QED) is 0.840. The molecule has 0 radical (unpaired) electrons. The highest BCUT2D eigenvalue weighted by Gasteiger charge is 2.13. The van der Waals surface area contributed by atoms with Gasteiger partial charge in [-0.3, -0.25) is 4.79 Å². The monoisotopic (exact) mass is 313 g/mol. The molecule has 5 nitrogen and oxygen atoms in total. The van der Waals surface area contributed by atoms with Crippen molar-refractivity contribution in [3.63, 3.8) is 0 Å². The third-order valence-corrected chi connectivity index (χ3v) is 3.10. The van der Waals surface area contributed by atoms with E-state index >= 15 is 0 Å². The fraction of sp³-hybridized carbons (Fsp3) is 0.600. The molecule has 6 heteroatoms. The van der Waals surface area contributed by atoms with Crippen LogP contribution in [0.2, 0.25) is 5.02 Å². The van der Waals surface area contributed by atoms with E-state index in [1.807, 2.05) is 32.9 Å². The van der Waals surface area contributed by atoms with Gasteiger partial charge in [-0.05, 0) is 52.3 Å². The zero-order valence-electron chi connectivity index (χ0n) is 12.9. The van der Waals surface area contributed by atoms with Crippen LogP contribution in [-0.2, 0) is 9.53 Å². The van der Waals surface area contributed by atoms with E-state index in [2.05, 4.69) is 20.4 Å². The molecule has 1 aliphatic heterocycles. The molecule has 2 N–H and O–H groups in total. The molecule has 1 atom stereocenters. The number of nitrogens with one attached hydrogen (secondary N) is 2. The second-order valence-electron chi connectivity index (χ2n) is 5.85. The molecular weight excluding hydrogens is 290 g/mol. The number of hydrogen-bond donors (Lipinski definition) is 2. The van der Waals surface area contributed by atoms with E-state index in [9.17, 15) is 4.79 Å². The molecule has 0 bridgehead atoms. The van der Waals surface area contributed by atoms with Gasteiger partial charge in [0.05, 0.1) is 5.02 Å². The molecular formula is C15H24ClN3O2. The van der Waals surface area contributed by atoms with E-state index in [-0.39, 0.29) is 5.60 Å². The van der Waals surface area contributed by atoms with Gasteiger partial charge in [0.25, 0.3) is 6.47 Å². The van der Waals surface area contributed by atoms with E-state index < -0.39 is 0 Å². The molecule has 1 fully saturated rings. The van der Waals surface area contributed by atoms with Crippen LogP contribution in [0.25, 0.3) is 0 Å². The van der Waals surface area contributed by atoms with Crippen LogP contribution in [0, 0.1) is 0 Å². The number of anilines is 1. The van der Waals surface area contributed by atoms with Crippen LogP contribution in [0.15, 0.2) is 18.3 Å². The third kappa shape index (κ3) is 7.87. The minimum absolute atomic E-state index is 0.318. The van der Waals surface area contributed by atoms with Crippen molar-refractivity contribution in [1.82, 2.24) is 10.3 Å². The van der Waals surface area contributed by atoms with Crippen LogP contribution in [0.4, 0.5) is 5.82 Å². The molecule has 0 amide bonds. The first-order valence-electron chi connectivity index (χ1n) is 7.11. The highest BCUT2D eigenvalue weighted by Crippen LogP contribution is 2.19. The van der Waals surface area contributed by atoms with Gasteiger partial charge in [0, 0.05) is 18.8 Å². The highest BCUT2D eigenvalue weighted by molar-refractivity contribution is 6.32. The first kappa shape index (κ1) is 17.7. The van der Waals surface area contributed by atoms with Crippen LogP contribution < -0.4 is 10.6 Å². The molecule has 0 spiro atoms. The lowest BCUT2D eigenvalue weighted by atomic mass is 10.1. The van der Waals surface area contributed by atoms with E-state index in [1.165, 1.54) is 12.8 Å². The van der Waals surface area contributed by atoms with E-state index in [4.69, 9.17) is 11.6 Å². The Labute approximate surface area is 131 Å². The van der Waals surface area contributed by atoms with Crippen molar-refractivity contribution in [2.75, 3.05) is 18.4 Å². The summed E-state index contributed by atoms with van der Waals surface area (Å²) in [5.74, 6) is 0.794. The summed E-state index contributed by atoms with van der Waals surface area (Å²) in [7, 11) is 0. The Morgan fingerprint density at radius 3 is 2.76 bits per heavy atom. The van der Waals surface area contributed by atoms with Gasteiger partial charge >= 0.3 is 0 Å². The van der Waals surface area contributed by atoms with Gasteiger partial charge in [-0.2, -0.15) is 0 Å². The third-order valence-electron chi connectivity index (χ3n) is 2.80. The number of hydrogen-bond acceptors (Lipinski definition) is 5. The largest absolute Gasteiger partial charge is 0.462 e. The van der Waals surface area contributed by atoms with Crippen molar-refractivity contribution < 1.29 is 9.53 Å². The van der Waals surface area contributed by atoms with Crippen molar-refractivity contribution in [1.29, 1.82) is 0 Å². The van der Waals surface area contributed by atoms with Gasteiger partial charge in [0.2, 0.25) is 0 Å². The maximum atomic E-state index is 9.60. The number of ether oxygens (including phenoxy) is 1. The van der Waals surface area contributed by atoms with Crippen molar-refractivity contribution in [3.8, 4) is 0 Å². The van der Waals surface area contributed by atoms with Crippen LogP contribution in [-0.4, -0.2) is 36.2 Å². The lowest BCUT2D eigenvalue weighted by Crippen LogP contribution is -2.38. The number of nitrogens with zero attached hydrogens (tertiary/aromatic N) is 1. The van der Waals surface area contributed by atoms with Crippen molar-refractivity contribution in [2.24, 2.45) is 0 Å². The molecule has 0 saturated carbocycles. The SMILES string of the molecule is CC(C)(C)OC=O.Clc1cccnc1NC1CCCNC1. The highest BCUT2D eigenvalue weighted by atomic mass is 35.5.